The topological polar surface area (TPSA) is 74.6 Å². The number of amides is 2. The zero-order chi connectivity index (χ0) is 27.2. The summed E-state index contributed by atoms with van der Waals surface area (Å²) in [5.74, 6) is -0.555. The van der Waals surface area contributed by atoms with Crippen LogP contribution in [0, 0.1) is 0 Å². The Bertz CT molecular complexity index is 1360. The average molecular weight is 520 g/mol. The van der Waals surface area contributed by atoms with E-state index in [4.69, 9.17) is 0 Å². The first-order valence-corrected chi connectivity index (χ1v) is 12.5. The summed E-state index contributed by atoms with van der Waals surface area (Å²) in [5, 5.41) is 12.9. The fraction of sp³-hybridized carbons (Fsp3) is 0.267. The van der Waals surface area contributed by atoms with Crippen molar-refractivity contribution in [3.63, 3.8) is 0 Å². The second kappa shape index (κ2) is 11.9. The van der Waals surface area contributed by atoms with Crippen molar-refractivity contribution in [1.82, 2.24) is 14.8 Å². The van der Waals surface area contributed by atoms with Gasteiger partial charge in [-0.25, -0.2) is 0 Å². The predicted octanol–water partition coefficient (Wildman–Crippen LogP) is 5.82. The largest absolute Gasteiger partial charge is 0.508 e. The highest BCUT2D eigenvalue weighted by Crippen LogP contribution is 2.39. The minimum Gasteiger partial charge on any atom is -0.508 e. The number of nitrogens with zero attached hydrogens (tertiary/aromatic N) is 2. The third-order valence-electron chi connectivity index (χ3n) is 6.66. The second-order valence-corrected chi connectivity index (χ2v) is 9.29. The van der Waals surface area contributed by atoms with Gasteiger partial charge in [0.25, 0.3) is 0 Å². The molecule has 4 rings (SSSR count). The van der Waals surface area contributed by atoms with Gasteiger partial charge in [-0.15, -0.1) is 0 Å². The number of fused-ring (bicyclic) bond motifs is 1. The van der Waals surface area contributed by atoms with Gasteiger partial charge in [-0.05, 0) is 48.6 Å². The van der Waals surface area contributed by atoms with Crippen molar-refractivity contribution in [2.45, 2.75) is 44.3 Å². The van der Waals surface area contributed by atoms with Crippen molar-refractivity contribution in [3.8, 4) is 5.75 Å². The number of rotatable bonds is 12. The molecule has 1 aromatic heterocycles. The molecule has 2 amide bonds. The lowest BCUT2D eigenvalue weighted by Crippen LogP contribution is -2.45. The van der Waals surface area contributed by atoms with E-state index in [-0.39, 0.29) is 30.7 Å². The SMILES string of the molecule is C=C/C=C(\C=C)CNC(=O)C(c1cn(C(F)F)c2ccccc12)N(C(=O)CCc1ccc(O)cc1)C1CC1. The number of nitrogens with one attached hydrogen (secondary N) is 1. The van der Waals surface area contributed by atoms with Crippen LogP contribution in [0.15, 0.2) is 91.7 Å². The minimum absolute atomic E-state index is 0.132. The first kappa shape index (κ1) is 26.9. The normalized spacial score (nSPS) is 14.3. The zero-order valence-electron chi connectivity index (χ0n) is 21.0. The number of alkyl halides is 2. The maximum atomic E-state index is 14.0. The number of hydrogen-bond donors (Lipinski definition) is 2. The molecular weight excluding hydrogens is 488 g/mol. The van der Waals surface area contributed by atoms with Gasteiger partial charge in [-0.2, -0.15) is 8.78 Å². The number of para-hydroxylation sites is 1. The van der Waals surface area contributed by atoms with E-state index in [0.29, 0.717) is 22.9 Å². The summed E-state index contributed by atoms with van der Waals surface area (Å²) in [4.78, 5) is 29.0. The highest BCUT2D eigenvalue weighted by molar-refractivity contribution is 5.95. The van der Waals surface area contributed by atoms with Gasteiger partial charge in [-0.3, -0.25) is 14.2 Å². The molecule has 38 heavy (non-hydrogen) atoms. The van der Waals surface area contributed by atoms with E-state index < -0.39 is 18.5 Å². The number of aromatic nitrogens is 1. The molecule has 1 aliphatic rings. The Kier molecular flexibility index (Phi) is 8.41. The number of allylic oxidation sites excluding steroid dienone is 2. The van der Waals surface area contributed by atoms with Gasteiger partial charge in [0.05, 0.1) is 5.52 Å². The lowest BCUT2D eigenvalue weighted by Gasteiger charge is -2.31. The van der Waals surface area contributed by atoms with Gasteiger partial charge in [0, 0.05) is 36.2 Å². The molecule has 6 nitrogen and oxygen atoms in total. The van der Waals surface area contributed by atoms with E-state index in [2.05, 4.69) is 18.5 Å². The van der Waals surface area contributed by atoms with Gasteiger partial charge in [0.15, 0.2) is 0 Å². The van der Waals surface area contributed by atoms with Crippen LogP contribution in [0.25, 0.3) is 10.9 Å². The van der Waals surface area contributed by atoms with Crippen LogP contribution in [0.4, 0.5) is 8.78 Å². The van der Waals surface area contributed by atoms with Crippen molar-refractivity contribution in [2.24, 2.45) is 0 Å². The molecule has 1 unspecified atom stereocenters. The number of carbonyl (C=O) groups is 2. The quantitative estimate of drug-likeness (QED) is 0.296. The maximum Gasteiger partial charge on any atom is 0.319 e. The summed E-state index contributed by atoms with van der Waals surface area (Å²) < 4.78 is 28.8. The molecule has 1 heterocycles. The summed E-state index contributed by atoms with van der Waals surface area (Å²) in [6, 6.07) is 12.0. The second-order valence-electron chi connectivity index (χ2n) is 9.29. The number of benzene rings is 2. The number of carbonyl (C=O) groups excluding carboxylic acids is 2. The Morgan fingerprint density at radius 1 is 1.13 bits per heavy atom. The highest BCUT2D eigenvalue weighted by atomic mass is 19.3. The molecule has 8 heteroatoms. The summed E-state index contributed by atoms with van der Waals surface area (Å²) in [5.41, 5.74) is 2.24. The Balaban J connectivity index is 1.71. The fourth-order valence-corrected chi connectivity index (χ4v) is 4.62. The van der Waals surface area contributed by atoms with Crippen LogP contribution in [0.2, 0.25) is 0 Å². The summed E-state index contributed by atoms with van der Waals surface area (Å²) in [7, 11) is 0. The van der Waals surface area contributed by atoms with Crippen LogP contribution in [0.3, 0.4) is 0 Å². The molecule has 2 N–H and O–H groups in total. The van der Waals surface area contributed by atoms with E-state index in [1.54, 1.807) is 71.7 Å². The van der Waals surface area contributed by atoms with Crippen LogP contribution in [-0.2, 0) is 16.0 Å². The number of aryl methyl sites for hydroxylation is 1. The van der Waals surface area contributed by atoms with Gasteiger partial charge in [0.2, 0.25) is 11.8 Å². The lowest BCUT2D eigenvalue weighted by molar-refractivity contribution is -0.141. The highest BCUT2D eigenvalue weighted by Gasteiger charge is 2.42. The Labute approximate surface area is 220 Å². The van der Waals surface area contributed by atoms with E-state index in [0.717, 1.165) is 28.5 Å². The molecule has 1 fully saturated rings. The molecule has 3 aromatic rings. The number of phenolic OH excluding ortho intramolecular Hbond substituents is 1. The van der Waals surface area contributed by atoms with Gasteiger partial charge >= 0.3 is 6.55 Å². The van der Waals surface area contributed by atoms with E-state index in [1.165, 1.54) is 6.20 Å². The molecule has 0 bridgehead atoms. The minimum atomic E-state index is -2.81. The summed E-state index contributed by atoms with van der Waals surface area (Å²) in [6.07, 6.45) is 8.20. The van der Waals surface area contributed by atoms with Crippen molar-refractivity contribution >= 4 is 22.7 Å². The first-order chi connectivity index (χ1) is 18.3. The number of aromatic hydroxyl groups is 1. The Morgan fingerprint density at radius 3 is 2.47 bits per heavy atom. The predicted molar refractivity (Wildman–Crippen MR) is 144 cm³/mol. The van der Waals surface area contributed by atoms with Crippen molar-refractivity contribution < 1.29 is 23.5 Å². The van der Waals surface area contributed by atoms with Gasteiger partial charge in [0.1, 0.15) is 11.8 Å². The molecule has 0 saturated heterocycles. The van der Waals surface area contributed by atoms with Crippen LogP contribution in [-0.4, -0.2) is 39.0 Å². The molecule has 0 spiro atoms. The third kappa shape index (κ3) is 6.02. The monoisotopic (exact) mass is 519 g/mol. The molecule has 0 radical (unpaired) electrons. The van der Waals surface area contributed by atoms with Crippen LogP contribution in [0.1, 0.15) is 43.0 Å². The number of phenols is 1. The smallest absolute Gasteiger partial charge is 0.319 e. The number of halogens is 2. The first-order valence-electron chi connectivity index (χ1n) is 12.5. The van der Waals surface area contributed by atoms with Crippen molar-refractivity contribution in [3.05, 3.63) is 103 Å². The average Bonchev–Trinajstić information content (AvgIpc) is 3.68. The molecule has 198 valence electrons. The number of hydrogen-bond acceptors (Lipinski definition) is 3. The Hall–Kier alpha value is -4.20. The molecular formula is C30H31F2N3O3. The van der Waals surface area contributed by atoms with Gasteiger partial charge < -0.3 is 15.3 Å². The van der Waals surface area contributed by atoms with Crippen LogP contribution in [0.5, 0.6) is 5.75 Å². The Morgan fingerprint density at radius 2 is 1.84 bits per heavy atom. The molecule has 0 aliphatic heterocycles. The fourth-order valence-electron chi connectivity index (χ4n) is 4.62. The lowest BCUT2D eigenvalue weighted by atomic mass is 10.0. The summed E-state index contributed by atoms with van der Waals surface area (Å²) >= 11 is 0. The van der Waals surface area contributed by atoms with Gasteiger partial charge in [-0.1, -0.05) is 61.7 Å². The van der Waals surface area contributed by atoms with Crippen LogP contribution < -0.4 is 5.32 Å². The summed E-state index contributed by atoms with van der Waals surface area (Å²) in [6.45, 7) is 4.76. The van der Waals surface area contributed by atoms with Crippen LogP contribution >= 0.6 is 0 Å². The zero-order valence-corrected chi connectivity index (χ0v) is 21.0. The molecule has 1 atom stereocenters. The van der Waals surface area contributed by atoms with E-state index in [1.807, 2.05) is 0 Å². The van der Waals surface area contributed by atoms with E-state index in [9.17, 15) is 23.5 Å². The van der Waals surface area contributed by atoms with Crippen molar-refractivity contribution in [2.75, 3.05) is 6.54 Å². The molecule has 1 saturated carbocycles. The molecule has 2 aromatic carbocycles. The maximum absolute atomic E-state index is 14.0. The third-order valence-corrected chi connectivity index (χ3v) is 6.66. The standard InChI is InChI=1S/C30H31F2N3O3/c1-3-7-20(4-2)18-33-29(38)28(25-19-34(30(31)32)26-9-6-5-8-24(25)26)35(22-13-14-22)27(37)17-12-21-10-15-23(36)16-11-21/h3-11,15-16,19,22,28,30,36H,1-2,12-14,17-18H2,(H,33,38)/b20-7+. The molecule has 1 aliphatic carbocycles. The van der Waals surface area contributed by atoms with E-state index >= 15 is 0 Å². The van der Waals surface area contributed by atoms with Crippen molar-refractivity contribution in [1.29, 1.82) is 0 Å².